The van der Waals surface area contributed by atoms with E-state index >= 15 is 0 Å². The smallest absolute Gasteiger partial charge is 0.367 e. The zero-order chi connectivity index (χ0) is 24.5. The van der Waals surface area contributed by atoms with Gasteiger partial charge in [-0.1, -0.05) is 19.1 Å². The van der Waals surface area contributed by atoms with Gasteiger partial charge in [-0.05, 0) is 35.7 Å². The fraction of sp³-hybridized carbons (Fsp3) is 0.417. The SMILES string of the molecule is CCC1=Nc2ccc(CN3CCN(c4ccc(C(=O)NC)nc4C(F)(F)F)CC3)cc2CC1=O. The molecule has 1 N–H and O–H groups in total. The molecule has 0 unspecified atom stereocenters. The average Bonchev–Trinajstić information content (AvgIpc) is 2.82. The topological polar surface area (TPSA) is 77.9 Å². The molecule has 0 atom stereocenters. The molecule has 2 aromatic rings. The normalized spacial score (nSPS) is 16.8. The summed E-state index contributed by atoms with van der Waals surface area (Å²) in [5.41, 5.74) is 2.06. The number of anilines is 1. The number of nitrogens with zero attached hydrogens (tertiary/aromatic N) is 4. The van der Waals surface area contributed by atoms with Gasteiger partial charge in [0, 0.05) is 46.2 Å². The first-order chi connectivity index (χ1) is 16.2. The zero-order valence-electron chi connectivity index (χ0n) is 19.1. The molecule has 2 aliphatic heterocycles. The summed E-state index contributed by atoms with van der Waals surface area (Å²) in [6, 6.07) is 8.55. The number of amides is 1. The number of aliphatic imine (C=N–C) groups is 1. The van der Waals surface area contributed by atoms with Gasteiger partial charge in [-0.3, -0.25) is 14.5 Å². The largest absolute Gasteiger partial charge is 0.435 e. The van der Waals surface area contributed by atoms with Gasteiger partial charge in [0.25, 0.3) is 5.91 Å². The maximum Gasteiger partial charge on any atom is 0.435 e. The third-order valence-corrected chi connectivity index (χ3v) is 6.13. The molecule has 0 bridgehead atoms. The Labute approximate surface area is 195 Å². The number of aromatic nitrogens is 1. The van der Waals surface area contributed by atoms with Crippen LogP contribution in [-0.4, -0.2) is 60.5 Å². The van der Waals surface area contributed by atoms with Crippen LogP contribution in [-0.2, 0) is 23.9 Å². The fourth-order valence-corrected chi connectivity index (χ4v) is 4.32. The van der Waals surface area contributed by atoms with Crippen LogP contribution < -0.4 is 10.2 Å². The molecule has 0 saturated carbocycles. The highest BCUT2D eigenvalue weighted by molar-refractivity contribution is 6.41. The number of ketones is 1. The van der Waals surface area contributed by atoms with E-state index in [0.29, 0.717) is 51.3 Å². The molecule has 0 spiro atoms. The van der Waals surface area contributed by atoms with Crippen molar-refractivity contribution in [2.45, 2.75) is 32.5 Å². The van der Waals surface area contributed by atoms with Crippen molar-refractivity contribution >= 4 is 28.8 Å². The van der Waals surface area contributed by atoms with Crippen LogP contribution in [0, 0.1) is 0 Å². The van der Waals surface area contributed by atoms with Crippen molar-refractivity contribution in [2.75, 3.05) is 38.1 Å². The quantitative estimate of drug-likeness (QED) is 0.721. The lowest BCUT2D eigenvalue weighted by Crippen LogP contribution is -2.46. The molecule has 180 valence electrons. The molecule has 34 heavy (non-hydrogen) atoms. The van der Waals surface area contributed by atoms with Gasteiger partial charge in [0.2, 0.25) is 0 Å². The number of benzene rings is 1. The number of rotatable bonds is 5. The second-order valence-corrected chi connectivity index (χ2v) is 8.38. The number of hydrogen-bond donors (Lipinski definition) is 1. The van der Waals surface area contributed by atoms with Crippen LogP contribution in [0.5, 0.6) is 0 Å². The van der Waals surface area contributed by atoms with Crippen LogP contribution in [0.3, 0.4) is 0 Å². The fourth-order valence-electron chi connectivity index (χ4n) is 4.32. The first-order valence-corrected chi connectivity index (χ1v) is 11.2. The van der Waals surface area contributed by atoms with Crippen molar-refractivity contribution in [3.63, 3.8) is 0 Å². The summed E-state index contributed by atoms with van der Waals surface area (Å²) < 4.78 is 41.0. The number of carbonyl (C=O) groups excluding carboxylic acids is 2. The van der Waals surface area contributed by atoms with Crippen LogP contribution in [0.15, 0.2) is 35.3 Å². The van der Waals surface area contributed by atoms with Gasteiger partial charge in [-0.2, -0.15) is 13.2 Å². The number of pyridine rings is 1. The molecular formula is C24H26F3N5O2. The number of alkyl halides is 3. The second-order valence-electron chi connectivity index (χ2n) is 8.38. The summed E-state index contributed by atoms with van der Waals surface area (Å²) >= 11 is 0. The van der Waals surface area contributed by atoms with E-state index in [1.807, 2.05) is 25.1 Å². The number of carbonyl (C=O) groups is 2. The van der Waals surface area contributed by atoms with Crippen molar-refractivity contribution in [3.8, 4) is 0 Å². The van der Waals surface area contributed by atoms with Crippen LogP contribution in [0.2, 0.25) is 0 Å². The highest BCUT2D eigenvalue weighted by Gasteiger charge is 2.38. The molecule has 1 fully saturated rings. The predicted octanol–water partition coefficient (Wildman–Crippen LogP) is 3.39. The van der Waals surface area contributed by atoms with E-state index in [1.165, 1.54) is 19.2 Å². The molecule has 1 amide bonds. The Hall–Kier alpha value is -3.27. The number of halogens is 3. The summed E-state index contributed by atoms with van der Waals surface area (Å²) in [4.78, 5) is 35.8. The Balaban J connectivity index is 1.44. The van der Waals surface area contributed by atoms with Crippen LogP contribution >= 0.6 is 0 Å². The number of fused-ring (bicyclic) bond motifs is 1. The van der Waals surface area contributed by atoms with Gasteiger partial charge >= 0.3 is 6.18 Å². The molecule has 1 aromatic carbocycles. The van der Waals surface area contributed by atoms with Gasteiger partial charge in [0.05, 0.1) is 17.1 Å². The average molecular weight is 473 g/mol. The number of nitrogens with one attached hydrogen (secondary N) is 1. The highest BCUT2D eigenvalue weighted by atomic mass is 19.4. The molecule has 7 nitrogen and oxygen atoms in total. The number of piperazine rings is 1. The lowest BCUT2D eigenvalue weighted by molar-refractivity contribution is -0.140. The minimum Gasteiger partial charge on any atom is -0.367 e. The standard InChI is InChI=1S/C24H26F3N5O2/c1-3-17-21(33)13-16-12-15(4-5-18(16)29-17)14-31-8-10-32(11-9-31)20-7-6-19(23(34)28-2)30-22(20)24(25,26)27/h4-7,12H,3,8-11,13-14H2,1-2H3,(H,28,34). The van der Waals surface area contributed by atoms with Gasteiger partial charge in [0.1, 0.15) is 5.69 Å². The van der Waals surface area contributed by atoms with Crippen molar-refractivity contribution in [1.29, 1.82) is 0 Å². The van der Waals surface area contributed by atoms with Crippen LogP contribution in [0.25, 0.3) is 0 Å². The Morgan fingerprint density at radius 3 is 2.50 bits per heavy atom. The van der Waals surface area contributed by atoms with Gasteiger partial charge in [-0.15, -0.1) is 0 Å². The Kier molecular flexibility index (Phi) is 6.70. The first-order valence-electron chi connectivity index (χ1n) is 11.2. The van der Waals surface area contributed by atoms with E-state index in [1.54, 1.807) is 4.90 Å². The van der Waals surface area contributed by atoms with Gasteiger partial charge in [0.15, 0.2) is 11.5 Å². The third kappa shape index (κ3) is 4.96. The second kappa shape index (κ2) is 9.54. The summed E-state index contributed by atoms with van der Waals surface area (Å²) in [6.45, 7) is 4.50. The predicted molar refractivity (Wildman–Crippen MR) is 123 cm³/mol. The van der Waals surface area contributed by atoms with E-state index < -0.39 is 17.8 Å². The molecule has 4 rings (SSSR count). The van der Waals surface area contributed by atoms with Crippen molar-refractivity contribution in [3.05, 3.63) is 52.8 Å². The Morgan fingerprint density at radius 1 is 1.12 bits per heavy atom. The lowest BCUT2D eigenvalue weighted by Gasteiger charge is -2.37. The van der Waals surface area contributed by atoms with E-state index in [4.69, 9.17) is 0 Å². The molecular weight excluding hydrogens is 447 g/mol. The first kappa shape index (κ1) is 23.9. The minimum absolute atomic E-state index is 0.0170. The molecule has 0 aliphatic carbocycles. The molecule has 3 heterocycles. The minimum atomic E-state index is -4.67. The summed E-state index contributed by atoms with van der Waals surface area (Å²) in [7, 11) is 1.35. The lowest BCUT2D eigenvalue weighted by atomic mass is 9.97. The van der Waals surface area contributed by atoms with E-state index in [0.717, 1.165) is 16.8 Å². The highest BCUT2D eigenvalue weighted by Crippen LogP contribution is 2.36. The maximum atomic E-state index is 13.7. The van der Waals surface area contributed by atoms with Crippen molar-refractivity contribution < 1.29 is 22.8 Å². The van der Waals surface area contributed by atoms with Crippen molar-refractivity contribution in [1.82, 2.24) is 15.2 Å². The van der Waals surface area contributed by atoms with Gasteiger partial charge < -0.3 is 10.2 Å². The summed E-state index contributed by atoms with van der Waals surface area (Å²) in [5.74, 6) is -0.609. The van der Waals surface area contributed by atoms with Crippen LogP contribution in [0.4, 0.5) is 24.5 Å². The maximum absolute atomic E-state index is 13.7. The molecule has 1 saturated heterocycles. The molecule has 2 aliphatic rings. The van der Waals surface area contributed by atoms with Crippen molar-refractivity contribution in [2.24, 2.45) is 4.99 Å². The molecule has 0 radical (unpaired) electrons. The Morgan fingerprint density at radius 2 is 1.85 bits per heavy atom. The zero-order valence-corrected chi connectivity index (χ0v) is 19.1. The van der Waals surface area contributed by atoms with Crippen LogP contribution in [0.1, 0.15) is 40.7 Å². The van der Waals surface area contributed by atoms with E-state index in [-0.39, 0.29) is 17.2 Å². The Bertz CT molecular complexity index is 1140. The molecule has 10 heteroatoms. The van der Waals surface area contributed by atoms with E-state index in [9.17, 15) is 22.8 Å². The third-order valence-electron chi connectivity index (χ3n) is 6.13. The van der Waals surface area contributed by atoms with E-state index in [2.05, 4.69) is 20.2 Å². The summed E-state index contributed by atoms with van der Waals surface area (Å²) in [6.07, 6.45) is -3.70. The monoisotopic (exact) mass is 473 g/mol. The summed E-state index contributed by atoms with van der Waals surface area (Å²) in [5, 5.41) is 2.30. The molecule has 1 aromatic heterocycles. The number of hydrogen-bond acceptors (Lipinski definition) is 6. The van der Waals surface area contributed by atoms with Gasteiger partial charge in [-0.25, -0.2) is 9.98 Å². The number of Topliss-reactive ketones (excluding diaryl/α,β-unsaturated/α-hetero) is 1.